The molecule has 27 heavy (non-hydrogen) atoms. The number of morpholine rings is 1. The smallest absolute Gasteiger partial charge is 0.241 e. The largest absolute Gasteiger partial charge is 0.492 e. The van der Waals surface area contributed by atoms with Gasteiger partial charge in [0.2, 0.25) is 5.91 Å². The van der Waals surface area contributed by atoms with Gasteiger partial charge in [-0.05, 0) is 32.0 Å². The van der Waals surface area contributed by atoms with Crippen molar-refractivity contribution >= 4 is 23.2 Å². The number of rotatable bonds is 6. The molecule has 0 spiro atoms. The Hall–Kier alpha value is -2.08. The van der Waals surface area contributed by atoms with E-state index in [1.807, 2.05) is 62.4 Å². The molecule has 5 nitrogen and oxygen atoms in total. The second kappa shape index (κ2) is 9.22. The summed E-state index contributed by atoms with van der Waals surface area (Å²) in [7, 11) is 0. The summed E-state index contributed by atoms with van der Waals surface area (Å²) in [5.74, 6) is 0.610. The molecule has 3 rings (SSSR count). The highest BCUT2D eigenvalue weighted by Crippen LogP contribution is 2.29. The molecule has 1 saturated heterocycles. The van der Waals surface area contributed by atoms with E-state index in [-0.39, 0.29) is 18.1 Å². The molecule has 0 aliphatic carbocycles. The van der Waals surface area contributed by atoms with Crippen molar-refractivity contribution in [3.63, 3.8) is 0 Å². The second-order valence-electron chi connectivity index (χ2n) is 6.47. The van der Waals surface area contributed by atoms with Crippen LogP contribution in [0.1, 0.15) is 25.5 Å². The van der Waals surface area contributed by atoms with E-state index in [4.69, 9.17) is 21.1 Å². The van der Waals surface area contributed by atoms with Crippen LogP contribution in [0.2, 0.25) is 5.02 Å². The molecule has 1 aliphatic rings. The average Bonchev–Trinajstić information content (AvgIpc) is 2.69. The molecule has 2 unspecified atom stereocenters. The summed E-state index contributed by atoms with van der Waals surface area (Å²) < 4.78 is 11.5. The van der Waals surface area contributed by atoms with Crippen molar-refractivity contribution in [3.8, 4) is 5.75 Å². The lowest BCUT2D eigenvalue weighted by atomic mass is 10.1. The Kier molecular flexibility index (Phi) is 6.72. The first-order valence-electron chi connectivity index (χ1n) is 9.23. The van der Waals surface area contributed by atoms with Gasteiger partial charge < -0.3 is 14.8 Å². The van der Waals surface area contributed by atoms with E-state index in [0.29, 0.717) is 42.8 Å². The van der Waals surface area contributed by atoms with Gasteiger partial charge in [0.1, 0.15) is 5.75 Å². The molecule has 2 atom stereocenters. The van der Waals surface area contributed by atoms with Crippen molar-refractivity contribution in [2.45, 2.75) is 26.0 Å². The fourth-order valence-corrected chi connectivity index (χ4v) is 3.46. The molecular weight excluding hydrogens is 364 g/mol. The number of para-hydroxylation sites is 2. The van der Waals surface area contributed by atoms with Crippen LogP contribution in [0, 0.1) is 0 Å². The molecule has 2 aromatic rings. The fraction of sp³-hybridized carbons (Fsp3) is 0.381. The summed E-state index contributed by atoms with van der Waals surface area (Å²) in [6, 6.07) is 14.9. The molecule has 1 aliphatic heterocycles. The van der Waals surface area contributed by atoms with E-state index in [1.165, 1.54) is 0 Å². The fourth-order valence-electron chi connectivity index (χ4n) is 3.20. The van der Waals surface area contributed by atoms with Gasteiger partial charge in [-0.3, -0.25) is 9.69 Å². The van der Waals surface area contributed by atoms with Crippen molar-refractivity contribution in [1.29, 1.82) is 0 Å². The van der Waals surface area contributed by atoms with Crippen molar-refractivity contribution in [1.82, 2.24) is 4.90 Å². The van der Waals surface area contributed by atoms with Crippen molar-refractivity contribution in [2.75, 3.05) is 31.6 Å². The van der Waals surface area contributed by atoms with E-state index < -0.39 is 0 Å². The predicted molar refractivity (Wildman–Crippen MR) is 107 cm³/mol. The van der Waals surface area contributed by atoms with Crippen LogP contribution < -0.4 is 10.1 Å². The zero-order chi connectivity index (χ0) is 19.2. The summed E-state index contributed by atoms with van der Waals surface area (Å²) in [5, 5.41) is 3.67. The standard InChI is InChI=1S/C21H25ClN2O3/c1-3-26-19-11-7-6-10-18(19)23-21(25)15(2)24-12-13-27-20(14-24)16-8-4-5-9-17(16)22/h4-11,15,20H,3,12-14H2,1-2H3,(H,23,25). The van der Waals surface area contributed by atoms with Crippen LogP contribution in [-0.2, 0) is 9.53 Å². The minimum atomic E-state index is -0.298. The summed E-state index contributed by atoms with van der Waals surface area (Å²) in [4.78, 5) is 14.9. The number of carbonyl (C=O) groups is 1. The van der Waals surface area contributed by atoms with Crippen LogP contribution >= 0.6 is 11.6 Å². The van der Waals surface area contributed by atoms with Crippen LogP contribution in [0.3, 0.4) is 0 Å². The Morgan fingerprint density at radius 1 is 1.30 bits per heavy atom. The summed E-state index contributed by atoms with van der Waals surface area (Å²) >= 11 is 6.31. The maximum atomic E-state index is 12.8. The van der Waals surface area contributed by atoms with Gasteiger partial charge in [-0.2, -0.15) is 0 Å². The quantitative estimate of drug-likeness (QED) is 0.808. The van der Waals surface area contributed by atoms with Crippen LogP contribution in [0.15, 0.2) is 48.5 Å². The van der Waals surface area contributed by atoms with Gasteiger partial charge in [0.25, 0.3) is 0 Å². The number of ether oxygens (including phenoxy) is 2. The maximum absolute atomic E-state index is 12.8. The van der Waals surface area contributed by atoms with Crippen molar-refractivity contribution in [3.05, 3.63) is 59.1 Å². The molecule has 0 saturated carbocycles. The first kappa shape index (κ1) is 19.7. The molecule has 2 aromatic carbocycles. The summed E-state index contributed by atoms with van der Waals surface area (Å²) in [5.41, 5.74) is 1.64. The van der Waals surface area contributed by atoms with Crippen molar-refractivity contribution < 1.29 is 14.3 Å². The van der Waals surface area contributed by atoms with Crippen LogP contribution in [0.25, 0.3) is 0 Å². The van der Waals surface area contributed by atoms with Gasteiger partial charge in [0.15, 0.2) is 0 Å². The highest BCUT2D eigenvalue weighted by atomic mass is 35.5. The zero-order valence-corrected chi connectivity index (χ0v) is 16.4. The first-order valence-corrected chi connectivity index (χ1v) is 9.60. The SMILES string of the molecule is CCOc1ccccc1NC(=O)C(C)N1CCOC(c2ccccc2Cl)C1. The Balaban J connectivity index is 1.67. The number of hydrogen-bond acceptors (Lipinski definition) is 4. The Labute approximate surface area is 165 Å². The third-order valence-corrected chi connectivity index (χ3v) is 5.07. The normalized spacial score (nSPS) is 18.7. The molecule has 1 fully saturated rings. The Morgan fingerprint density at radius 3 is 2.81 bits per heavy atom. The van der Waals surface area contributed by atoms with E-state index in [0.717, 1.165) is 5.56 Å². The summed E-state index contributed by atoms with van der Waals surface area (Å²) in [6.45, 7) is 6.25. The highest BCUT2D eigenvalue weighted by Gasteiger charge is 2.29. The number of nitrogens with zero attached hydrogens (tertiary/aromatic N) is 1. The van der Waals surface area contributed by atoms with Gasteiger partial charge >= 0.3 is 0 Å². The zero-order valence-electron chi connectivity index (χ0n) is 15.7. The van der Waals surface area contributed by atoms with Crippen molar-refractivity contribution in [2.24, 2.45) is 0 Å². The number of carbonyl (C=O) groups excluding carboxylic acids is 1. The van der Waals surface area contributed by atoms with E-state index in [1.54, 1.807) is 0 Å². The highest BCUT2D eigenvalue weighted by molar-refractivity contribution is 6.31. The Bertz CT molecular complexity index is 784. The molecule has 1 heterocycles. The number of halogens is 1. The van der Waals surface area contributed by atoms with Crippen LogP contribution in [0.5, 0.6) is 5.75 Å². The molecule has 144 valence electrons. The van der Waals surface area contributed by atoms with Gasteiger partial charge in [0.05, 0.1) is 31.0 Å². The minimum absolute atomic E-state index is 0.0676. The lowest BCUT2D eigenvalue weighted by molar-refractivity contribution is -0.124. The number of benzene rings is 2. The van der Waals surface area contributed by atoms with Gasteiger partial charge in [-0.25, -0.2) is 0 Å². The van der Waals surface area contributed by atoms with E-state index in [2.05, 4.69) is 10.2 Å². The topological polar surface area (TPSA) is 50.8 Å². The maximum Gasteiger partial charge on any atom is 0.241 e. The number of hydrogen-bond donors (Lipinski definition) is 1. The molecule has 6 heteroatoms. The Morgan fingerprint density at radius 2 is 2.04 bits per heavy atom. The average molecular weight is 389 g/mol. The summed E-state index contributed by atoms with van der Waals surface area (Å²) in [6.07, 6.45) is -0.140. The lowest BCUT2D eigenvalue weighted by Gasteiger charge is -2.36. The molecule has 0 aromatic heterocycles. The third kappa shape index (κ3) is 4.80. The molecule has 1 amide bonds. The number of amides is 1. The molecule has 1 N–H and O–H groups in total. The number of anilines is 1. The van der Waals surface area contributed by atoms with E-state index >= 15 is 0 Å². The monoisotopic (exact) mass is 388 g/mol. The minimum Gasteiger partial charge on any atom is -0.492 e. The first-order chi connectivity index (χ1) is 13.1. The molecule has 0 bridgehead atoms. The molecular formula is C21H25ClN2O3. The molecule has 0 radical (unpaired) electrons. The second-order valence-corrected chi connectivity index (χ2v) is 6.88. The van der Waals surface area contributed by atoms with Crippen LogP contribution in [0.4, 0.5) is 5.69 Å². The third-order valence-electron chi connectivity index (χ3n) is 4.72. The van der Waals surface area contributed by atoms with Gasteiger partial charge in [-0.15, -0.1) is 0 Å². The lowest BCUT2D eigenvalue weighted by Crippen LogP contribution is -2.48. The van der Waals surface area contributed by atoms with E-state index in [9.17, 15) is 4.79 Å². The number of nitrogens with one attached hydrogen (secondary N) is 1. The van der Waals surface area contributed by atoms with Gasteiger partial charge in [0, 0.05) is 23.7 Å². The van der Waals surface area contributed by atoms with Crippen LogP contribution in [-0.4, -0.2) is 43.2 Å². The van der Waals surface area contributed by atoms with Gasteiger partial charge in [-0.1, -0.05) is 41.9 Å². The predicted octanol–water partition coefficient (Wildman–Crippen LogP) is 4.14.